The third kappa shape index (κ3) is 3.10. The predicted octanol–water partition coefficient (Wildman–Crippen LogP) is 1.60. The fourth-order valence-electron chi connectivity index (χ4n) is 1.80. The summed E-state index contributed by atoms with van der Waals surface area (Å²) in [7, 11) is -1.51. The summed E-state index contributed by atoms with van der Waals surface area (Å²) in [4.78, 5) is 14.2. The van der Waals surface area contributed by atoms with Gasteiger partial charge in [0.1, 0.15) is 14.7 Å². The maximum Gasteiger partial charge on any atom is 0.265 e. The maximum atomic E-state index is 12.3. The number of nitrogen functional groups attached to an aromatic ring is 1. The van der Waals surface area contributed by atoms with Crippen LogP contribution in [-0.4, -0.2) is 44.8 Å². The number of amides is 1. The van der Waals surface area contributed by atoms with Crippen molar-refractivity contribution in [2.45, 2.75) is 0 Å². The number of sulfone groups is 1. The van der Waals surface area contributed by atoms with Gasteiger partial charge in [0, 0.05) is 29.9 Å². The van der Waals surface area contributed by atoms with Gasteiger partial charge >= 0.3 is 0 Å². The molecule has 5 nitrogen and oxygen atoms in total. The Balaban J connectivity index is 2.25. The number of nitrogens with zero attached hydrogens (tertiary/aromatic N) is 1. The number of carbonyl (C=O) groups is 1. The number of hydrogen-bond donors (Lipinski definition) is 1. The minimum absolute atomic E-state index is 0.0555. The van der Waals surface area contributed by atoms with E-state index in [4.69, 9.17) is 5.73 Å². The van der Waals surface area contributed by atoms with Gasteiger partial charge in [-0.15, -0.1) is 11.3 Å². The molecule has 0 fully saturated rings. The lowest BCUT2D eigenvalue weighted by Gasteiger charge is -2.15. The van der Waals surface area contributed by atoms with E-state index in [9.17, 15) is 13.2 Å². The van der Waals surface area contributed by atoms with Crippen LogP contribution < -0.4 is 5.73 Å². The molecule has 0 bridgehead atoms. The molecule has 0 saturated heterocycles. The topological polar surface area (TPSA) is 80.5 Å². The van der Waals surface area contributed by atoms with Crippen LogP contribution >= 0.6 is 11.3 Å². The first-order valence-electron chi connectivity index (χ1n) is 6.00. The van der Waals surface area contributed by atoms with Crippen molar-refractivity contribution in [3.63, 3.8) is 0 Å². The molecule has 1 amide bonds. The molecule has 1 heterocycles. The molecule has 1 aromatic carbocycles. The summed E-state index contributed by atoms with van der Waals surface area (Å²) in [6.07, 6.45) is 1.15. The van der Waals surface area contributed by atoms with E-state index in [1.165, 1.54) is 16.2 Å². The van der Waals surface area contributed by atoms with E-state index in [1.54, 1.807) is 7.05 Å². The van der Waals surface area contributed by atoms with Crippen LogP contribution in [0, 0.1) is 0 Å². The van der Waals surface area contributed by atoms with E-state index in [0.29, 0.717) is 10.6 Å². The molecular weight excluding hydrogens is 296 g/mol. The minimum Gasteiger partial charge on any atom is -0.397 e. The van der Waals surface area contributed by atoms with Crippen molar-refractivity contribution in [1.29, 1.82) is 0 Å². The lowest BCUT2D eigenvalue weighted by atomic mass is 10.2. The second-order valence-electron chi connectivity index (χ2n) is 4.70. The van der Waals surface area contributed by atoms with Crippen LogP contribution in [0.25, 0.3) is 10.1 Å². The highest BCUT2D eigenvalue weighted by molar-refractivity contribution is 7.90. The third-order valence-electron chi connectivity index (χ3n) is 2.97. The van der Waals surface area contributed by atoms with Crippen molar-refractivity contribution in [3.8, 4) is 0 Å². The van der Waals surface area contributed by atoms with Gasteiger partial charge < -0.3 is 10.6 Å². The zero-order valence-corrected chi connectivity index (χ0v) is 12.9. The molecule has 0 aliphatic carbocycles. The molecule has 20 heavy (non-hydrogen) atoms. The number of hydrogen-bond acceptors (Lipinski definition) is 5. The van der Waals surface area contributed by atoms with Crippen LogP contribution in [0.3, 0.4) is 0 Å². The number of thiophene rings is 1. The lowest BCUT2D eigenvalue weighted by Crippen LogP contribution is -2.31. The van der Waals surface area contributed by atoms with E-state index in [-0.39, 0.29) is 18.2 Å². The first-order valence-corrected chi connectivity index (χ1v) is 8.87. The SMILES string of the molecule is CN(CCS(C)(=O)=O)C(=O)c1sc2ccccc2c1N. The molecule has 0 aliphatic heterocycles. The Morgan fingerprint density at radius 2 is 2.00 bits per heavy atom. The normalized spacial score (nSPS) is 11.7. The minimum atomic E-state index is -3.09. The fourth-order valence-corrected chi connectivity index (χ4v) is 3.52. The van der Waals surface area contributed by atoms with Gasteiger partial charge in [-0.2, -0.15) is 0 Å². The van der Waals surface area contributed by atoms with E-state index in [0.717, 1.165) is 16.3 Å². The third-order valence-corrected chi connectivity index (χ3v) is 5.07. The highest BCUT2D eigenvalue weighted by atomic mass is 32.2. The van der Waals surface area contributed by atoms with Crippen molar-refractivity contribution in [2.75, 3.05) is 31.3 Å². The van der Waals surface area contributed by atoms with Gasteiger partial charge in [0.15, 0.2) is 0 Å². The quantitative estimate of drug-likeness (QED) is 0.930. The van der Waals surface area contributed by atoms with E-state index in [1.807, 2.05) is 24.3 Å². The summed E-state index contributed by atoms with van der Waals surface area (Å²) >= 11 is 1.33. The van der Waals surface area contributed by atoms with Crippen LogP contribution in [0.5, 0.6) is 0 Å². The maximum absolute atomic E-state index is 12.3. The zero-order chi connectivity index (χ0) is 14.9. The number of fused-ring (bicyclic) bond motifs is 1. The molecule has 2 aromatic rings. The Morgan fingerprint density at radius 1 is 1.35 bits per heavy atom. The molecule has 1 aromatic heterocycles. The lowest BCUT2D eigenvalue weighted by molar-refractivity contribution is 0.0809. The number of rotatable bonds is 4. The highest BCUT2D eigenvalue weighted by Gasteiger charge is 2.20. The molecular formula is C13H16N2O3S2. The van der Waals surface area contributed by atoms with Crippen LogP contribution in [0.1, 0.15) is 9.67 Å². The first kappa shape index (κ1) is 14.8. The summed E-state index contributed by atoms with van der Waals surface area (Å²) in [5.74, 6) is -0.299. The summed E-state index contributed by atoms with van der Waals surface area (Å²) in [6, 6.07) is 7.53. The monoisotopic (exact) mass is 312 g/mol. The number of anilines is 1. The van der Waals surface area contributed by atoms with E-state index in [2.05, 4.69) is 0 Å². The fraction of sp³-hybridized carbons (Fsp3) is 0.308. The van der Waals surface area contributed by atoms with Crippen molar-refractivity contribution in [2.24, 2.45) is 0 Å². The molecule has 7 heteroatoms. The molecule has 108 valence electrons. The van der Waals surface area contributed by atoms with Crippen LogP contribution in [-0.2, 0) is 9.84 Å². The van der Waals surface area contributed by atoms with E-state index >= 15 is 0 Å². The summed E-state index contributed by atoms with van der Waals surface area (Å²) in [5.41, 5.74) is 6.46. The van der Waals surface area contributed by atoms with Gasteiger partial charge in [-0.05, 0) is 6.07 Å². The molecule has 0 unspecified atom stereocenters. The Bertz CT molecular complexity index is 750. The molecule has 0 saturated carbocycles. The van der Waals surface area contributed by atoms with Crippen molar-refractivity contribution < 1.29 is 13.2 Å². The van der Waals surface area contributed by atoms with Crippen molar-refractivity contribution in [3.05, 3.63) is 29.1 Å². The molecule has 0 aliphatic rings. The van der Waals surface area contributed by atoms with Gasteiger partial charge in [-0.1, -0.05) is 18.2 Å². The van der Waals surface area contributed by atoms with Gasteiger partial charge in [0.2, 0.25) is 0 Å². The van der Waals surface area contributed by atoms with Gasteiger partial charge in [0.05, 0.1) is 11.4 Å². The van der Waals surface area contributed by atoms with Crippen molar-refractivity contribution in [1.82, 2.24) is 4.90 Å². The molecule has 0 spiro atoms. The second kappa shape index (κ2) is 5.41. The molecule has 2 N–H and O–H groups in total. The Hall–Kier alpha value is -1.60. The first-order chi connectivity index (χ1) is 9.29. The summed E-state index contributed by atoms with van der Waals surface area (Å²) < 4.78 is 23.2. The van der Waals surface area contributed by atoms with Crippen LogP contribution in [0.15, 0.2) is 24.3 Å². The van der Waals surface area contributed by atoms with Crippen LogP contribution in [0.2, 0.25) is 0 Å². The zero-order valence-electron chi connectivity index (χ0n) is 11.3. The Morgan fingerprint density at radius 3 is 2.60 bits per heavy atom. The highest BCUT2D eigenvalue weighted by Crippen LogP contribution is 2.33. The standard InChI is InChI=1S/C13H16N2O3S2/c1-15(7-8-20(2,17)18)13(16)12-11(14)9-5-3-4-6-10(9)19-12/h3-6H,7-8,14H2,1-2H3. The summed E-state index contributed by atoms with van der Waals surface area (Å²) in [6.45, 7) is 0.158. The van der Waals surface area contributed by atoms with Crippen molar-refractivity contribution >= 4 is 42.9 Å². The smallest absolute Gasteiger partial charge is 0.265 e. The predicted molar refractivity (Wildman–Crippen MR) is 82.9 cm³/mol. The van der Waals surface area contributed by atoms with Crippen LogP contribution in [0.4, 0.5) is 5.69 Å². The molecule has 2 rings (SSSR count). The van der Waals surface area contributed by atoms with Gasteiger partial charge in [-0.3, -0.25) is 4.79 Å². The number of benzene rings is 1. The molecule has 0 radical (unpaired) electrons. The van der Waals surface area contributed by atoms with E-state index < -0.39 is 9.84 Å². The molecule has 0 atom stereocenters. The van der Waals surface area contributed by atoms with Gasteiger partial charge in [0.25, 0.3) is 5.91 Å². The average molecular weight is 312 g/mol. The Kier molecular flexibility index (Phi) is 4.01. The summed E-state index contributed by atoms with van der Waals surface area (Å²) in [5, 5.41) is 0.859. The average Bonchev–Trinajstić information content (AvgIpc) is 2.72. The largest absolute Gasteiger partial charge is 0.397 e. The number of nitrogens with two attached hydrogens (primary N) is 1. The van der Waals surface area contributed by atoms with Gasteiger partial charge in [-0.25, -0.2) is 8.42 Å². The number of carbonyl (C=O) groups excluding carboxylic acids is 1. The Labute approximate surface area is 121 Å². The second-order valence-corrected chi connectivity index (χ2v) is 8.01.